The van der Waals surface area contributed by atoms with E-state index >= 15 is 0 Å². The molecule has 2 heterocycles. The largest absolute Gasteiger partial charge is 0.482 e. The fraction of sp³-hybridized carbons (Fsp3) is 0.371. The van der Waals surface area contributed by atoms with Crippen LogP contribution in [0.2, 0.25) is 0 Å². The summed E-state index contributed by atoms with van der Waals surface area (Å²) in [5.41, 5.74) is 2.87. The maximum Gasteiger partial charge on any atom is 0.416 e. The molecule has 1 aliphatic heterocycles. The van der Waals surface area contributed by atoms with Crippen LogP contribution in [-0.2, 0) is 34.4 Å². The molecule has 0 unspecified atom stereocenters. The van der Waals surface area contributed by atoms with E-state index in [4.69, 9.17) is 14.5 Å². The predicted molar refractivity (Wildman–Crippen MR) is 179 cm³/mol. The van der Waals surface area contributed by atoms with E-state index in [2.05, 4.69) is 22.8 Å². The maximum atomic E-state index is 13.4. The zero-order valence-corrected chi connectivity index (χ0v) is 27.9. The van der Waals surface area contributed by atoms with E-state index in [0.717, 1.165) is 77.9 Å². The van der Waals surface area contributed by atoms with E-state index in [9.17, 15) is 22.4 Å². The number of hydrogen-bond donors (Lipinski definition) is 0. The van der Waals surface area contributed by atoms with Gasteiger partial charge in [-0.2, -0.15) is 13.2 Å². The van der Waals surface area contributed by atoms with Gasteiger partial charge in [-0.25, -0.2) is 14.2 Å². The fourth-order valence-electron chi connectivity index (χ4n) is 5.31. The molecule has 1 saturated heterocycles. The van der Waals surface area contributed by atoms with Crippen molar-refractivity contribution in [2.75, 3.05) is 44.3 Å². The van der Waals surface area contributed by atoms with Crippen molar-refractivity contribution in [2.24, 2.45) is 0 Å². The minimum atomic E-state index is -4.40. The van der Waals surface area contributed by atoms with Crippen LogP contribution in [-0.4, -0.2) is 55.2 Å². The van der Waals surface area contributed by atoms with Crippen LogP contribution in [0.1, 0.15) is 42.0 Å². The van der Waals surface area contributed by atoms with Gasteiger partial charge in [0.2, 0.25) is 0 Å². The lowest BCUT2D eigenvalue weighted by atomic mass is 10.1. The second kappa shape index (κ2) is 16.0. The van der Waals surface area contributed by atoms with Crippen LogP contribution in [0.15, 0.2) is 71.6 Å². The molecule has 0 aliphatic carbocycles. The normalized spacial score (nSPS) is 14.0. The molecule has 47 heavy (non-hydrogen) atoms. The van der Waals surface area contributed by atoms with Gasteiger partial charge in [-0.15, -0.1) is 23.1 Å². The van der Waals surface area contributed by atoms with Crippen molar-refractivity contribution >= 4 is 34.8 Å². The number of alkyl halides is 3. The average molecular weight is 688 g/mol. The first-order valence-electron chi connectivity index (χ1n) is 15.6. The highest BCUT2D eigenvalue weighted by atomic mass is 32.2. The second-order valence-electron chi connectivity index (χ2n) is 11.1. The van der Waals surface area contributed by atoms with Crippen molar-refractivity contribution in [1.82, 2.24) is 9.88 Å². The zero-order chi connectivity index (χ0) is 33.4. The molecule has 250 valence electrons. The van der Waals surface area contributed by atoms with Crippen LogP contribution in [0.25, 0.3) is 10.6 Å². The Balaban J connectivity index is 1.32. The van der Waals surface area contributed by atoms with Crippen molar-refractivity contribution in [1.29, 1.82) is 0 Å². The minimum absolute atomic E-state index is 0.147. The van der Waals surface area contributed by atoms with Crippen LogP contribution >= 0.6 is 23.1 Å². The van der Waals surface area contributed by atoms with E-state index in [1.807, 2.05) is 12.1 Å². The SMILES string of the molecule is CCCc1cc(SCc2sc(-c3ccc(C(F)(F)F)cc3)nc2CN2CCN(c3ccc(F)cc3)CC2)ccc1OCC(=O)OCC. The van der Waals surface area contributed by atoms with Gasteiger partial charge < -0.3 is 14.4 Å². The number of piperazine rings is 1. The number of thiazole rings is 1. The summed E-state index contributed by atoms with van der Waals surface area (Å²) in [5.74, 6) is 0.626. The average Bonchev–Trinajstić information content (AvgIpc) is 3.46. The zero-order valence-electron chi connectivity index (χ0n) is 26.3. The molecule has 1 fully saturated rings. The first-order chi connectivity index (χ1) is 22.6. The summed E-state index contributed by atoms with van der Waals surface area (Å²) >= 11 is 3.17. The molecular weight excluding hydrogens is 651 g/mol. The van der Waals surface area contributed by atoms with Gasteiger partial charge in [0.15, 0.2) is 6.61 Å². The van der Waals surface area contributed by atoms with E-state index in [1.54, 1.807) is 30.8 Å². The lowest BCUT2D eigenvalue weighted by Gasteiger charge is -2.36. The smallest absolute Gasteiger partial charge is 0.416 e. The molecule has 12 heteroatoms. The number of rotatable bonds is 13. The third-order valence-corrected chi connectivity index (χ3v) is 10.1. The molecule has 1 aliphatic rings. The topological polar surface area (TPSA) is 54.9 Å². The third kappa shape index (κ3) is 9.48. The number of ether oxygens (including phenoxy) is 2. The van der Waals surface area contributed by atoms with Crippen LogP contribution in [0.3, 0.4) is 0 Å². The molecular formula is C35H37F4N3O3S2. The summed E-state index contributed by atoms with van der Waals surface area (Å²) in [5, 5.41) is 0.684. The molecule has 0 N–H and O–H groups in total. The number of hydrogen-bond acceptors (Lipinski definition) is 8. The molecule has 3 aromatic carbocycles. The van der Waals surface area contributed by atoms with Gasteiger partial charge in [0.1, 0.15) is 16.6 Å². The number of halogens is 4. The summed E-state index contributed by atoms with van der Waals surface area (Å²) in [4.78, 5) is 23.4. The minimum Gasteiger partial charge on any atom is -0.482 e. The first-order valence-corrected chi connectivity index (χ1v) is 17.4. The quantitative estimate of drug-likeness (QED) is 0.0794. The Morgan fingerprint density at radius 1 is 0.979 bits per heavy atom. The second-order valence-corrected chi connectivity index (χ2v) is 13.2. The van der Waals surface area contributed by atoms with Crippen LogP contribution in [0.5, 0.6) is 5.75 Å². The number of aromatic nitrogens is 1. The molecule has 0 radical (unpaired) electrons. The van der Waals surface area contributed by atoms with Crippen molar-refractivity contribution < 1.29 is 31.8 Å². The Bertz CT molecular complexity index is 1620. The van der Waals surface area contributed by atoms with E-state index < -0.39 is 17.7 Å². The Labute approximate surface area is 280 Å². The standard InChI is InChI=1S/C35H37F4N3O3S2/c1-3-5-25-20-29(14-15-31(25)45-22-33(43)44-4-2)46-23-32-30(40-34(47-32)24-6-8-26(9-7-24)35(37,38)39)21-41-16-18-42(19-17-41)28-12-10-27(36)11-13-28/h6-15,20H,3-5,16-19,21-23H2,1-2H3. The molecule has 0 atom stereocenters. The lowest BCUT2D eigenvalue weighted by molar-refractivity contribution is -0.145. The van der Waals surface area contributed by atoms with E-state index in [1.165, 1.54) is 35.6 Å². The van der Waals surface area contributed by atoms with Gasteiger partial charge in [-0.3, -0.25) is 4.90 Å². The number of benzene rings is 3. The van der Waals surface area contributed by atoms with Gasteiger partial charge in [0, 0.05) is 59.5 Å². The number of esters is 1. The summed E-state index contributed by atoms with van der Waals surface area (Å²) in [6.45, 7) is 7.77. The summed E-state index contributed by atoms with van der Waals surface area (Å²) in [7, 11) is 0. The molecule has 0 saturated carbocycles. The number of anilines is 1. The van der Waals surface area contributed by atoms with Gasteiger partial charge in [-0.05, 0) is 73.5 Å². The Morgan fingerprint density at radius 2 is 1.70 bits per heavy atom. The first kappa shape index (κ1) is 34.7. The summed E-state index contributed by atoms with van der Waals surface area (Å²) in [6.07, 6.45) is -2.70. The molecule has 4 aromatic rings. The molecule has 0 bridgehead atoms. The Kier molecular flexibility index (Phi) is 11.8. The molecule has 1 aromatic heterocycles. The monoisotopic (exact) mass is 687 g/mol. The van der Waals surface area contributed by atoms with Crippen molar-refractivity contribution in [3.05, 3.63) is 94.2 Å². The number of aryl methyl sites for hydroxylation is 1. The van der Waals surface area contributed by atoms with Gasteiger partial charge in [-0.1, -0.05) is 25.5 Å². The van der Waals surface area contributed by atoms with Gasteiger partial charge in [0.05, 0.1) is 17.9 Å². The highest BCUT2D eigenvalue weighted by Crippen LogP contribution is 2.37. The van der Waals surface area contributed by atoms with Gasteiger partial charge in [0.25, 0.3) is 0 Å². The van der Waals surface area contributed by atoms with Gasteiger partial charge >= 0.3 is 12.1 Å². The van der Waals surface area contributed by atoms with Crippen LogP contribution in [0.4, 0.5) is 23.2 Å². The highest BCUT2D eigenvalue weighted by Gasteiger charge is 2.30. The van der Waals surface area contributed by atoms with Crippen molar-refractivity contribution in [2.45, 2.75) is 50.1 Å². The third-order valence-electron chi connectivity index (χ3n) is 7.75. The van der Waals surface area contributed by atoms with Crippen molar-refractivity contribution in [3.63, 3.8) is 0 Å². The number of carbonyl (C=O) groups excluding carboxylic acids is 1. The number of carbonyl (C=O) groups is 1. The fourth-order valence-corrected chi connectivity index (χ4v) is 7.45. The molecule has 0 spiro atoms. The van der Waals surface area contributed by atoms with Crippen LogP contribution in [0, 0.1) is 5.82 Å². The van der Waals surface area contributed by atoms with Crippen LogP contribution < -0.4 is 9.64 Å². The highest BCUT2D eigenvalue weighted by molar-refractivity contribution is 7.98. The predicted octanol–water partition coefficient (Wildman–Crippen LogP) is 8.48. The summed E-state index contributed by atoms with van der Waals surface area (Å²) < 4.78 is 63.8. The maximum absolute atomic E-state index is 13.4. The number of nitrogens with zero attached hydrogens (tertiary/aromatic N) is 3. The molecule has 5 rings (SSSR count). The molecule has 0 amide bonds. The lowest BCUT2D eigenvalue weighted by Crippen LogP contribution is -2.46. The number of thioether (sulfide) groups is 1. The Morgan fingerprint density at radius 3 is 2.36 bits per heavy atom. The van der Waals surface area contributed by atoms with E-state index in [0.29, 0.717) is 35.2 Å². The molecule has 6 nitrogen and oxygen atoms in total. The van der Waals surface area contributed by atoms with E-state index in [-0.39, 0.29) is 12.4 Å². The van der Waals surface area contributed by atoms with Crippen molar-refractivity contribution in [3.8, 4) is 16.3 Å². The Hall–Kier alpha value is -3.61. The summed E-state index contributed by atoms with van der Waals surface area (Å²) in [6, 6.07) is 17.6.